The van der Waals surface area contributed by atoms with Crippen LogP contribution in [0, 0.1) is 0 Å². The first kappa shape index (κ1) is 34.7. The van der Waals surface area contributed by atoms with Crippen LogP contribution in [0.1, 0.15) is 11.1 Å². The van der Waals surface area contributed by atoms with Crippen LogP contribution in [0.4, 0.5) is 0 Å². The molecule has 1 aliphatic heterocycles. The van der Waals surface area contributed by atoms with Gasteiger partial charge in [0.2, 0.25) is 0 Å². The maximum absolute atomic E-state index is 8.76. The van der Waals surface area contributed by atoms with Crippen molar-refractivity contribution < 1.29 is 9.47 Å². The van der Waals surface area contributed by atoms with E-state index in [9.17, 15) is 0 Å². The zero-order valence-electron chi connectivity index (χ0n) is 28.8. The monoisotopic (exact) mass is 756 g/mol. The van der Waals surface area contributed by atoms with Gasteiger partial charge in [-0.3, -0.25) is 0 Å². The average molecular weight is 758 g/mol. The molecule has 0 fully saturated rings. The van der Waals surface area contributed by atoms with Crippen molar-refractivity contribution in [2.24, 2.45) is 0 Å². The molecule has 7 aromatic carbocycles. The van der Waals surface area contributed by atoms with Gasteiger partial charge in [0.15, 0.2) is 0 Å². The molecule has 0 radical (unpaired) electrons. The molecule has 0 N–H and O–H groups in total. The van der Waals surface area contributed by atoms with E-state index >= 15 is 0 Å². The number of rotatable bonds is 10. The van der Waals surface area contributed by atoms with E-state index in [2.05, 4.69) is 194 Å². The molecule has 0 amide bonds. The molecule has 0 bridgehead atoms. The molecule has 2 nitrogen and oxygen atoms in total. The van der Waals surface area contributed by atoms with Crippen molar-refractivity contribution >= 4 is 66.2 Å². The van der Waals surface area contributed by atoms with E-state index in [4.69, 9.17) is 32.0 Å². The van der Waals surface area contributed by atoms with Gasteiger partial charge < -0.3 is 0 Å². The standard InChI is InChI=1S/C46H40Cl2O2P2/c47-51(39-19-7-1-8-20-39,40-21-9-2-10-22-40,41-23-11-3-12-24-41)35-37-33-45-46(50-32-31-49-45)34-38(37)36-52(48,42-25-13-4-14-26-42,43-27-15-5-16-28-43)44-29-17-6-18-30-44/h1-30,33-34H,31-32,35-36H2. The number of benzene rings is 7. The first-order valence-corrected chi connectivity index (χ1v) is 24.3. The second-order valence-electron chi connectivity index (χ2n) is 13.5. The fourth-order valence-corrected chi connectivity index (χ4v) is 20.3. The third-order valence-electron chi connectivity index (χ3n) is 10.6. The third kappa shape index (κ3) is 5.65. The number of hydrogen-bond acceptors (Lipinski definition) is 2. The minimum atomic E-state index is -3.77. The number of halogens is 2. The molecular weight excluding hydrogens is 717 g/mol. The van der Waals surface area contributed by atoms with Crippen molar-refractivity contribution in [1.82, 2.24) is 0 Å². The van der Waals surface area contributed by atoms with Crippen LogP contribution in [-0.2, 0) is 12.3 Å². The van der Waals surface area contributed by atoms with Crippen molar-refractivity contribution in [2.45, 2.75) is 12.3 Å². The fraction of sp³-hybridized carbons (Fsp3) is 0.0870. The Kier molecular flexibility index (Phi) is 9.23. The predicted molar refractivity (Wildman–Crippen MR) is 227 cm³/mol. The van der Waals surface area contributed by atoms with Crippen LogP contribution in [0.3, 0.4) is 0 Å². The summed E-state index contributed by atoms with van der Waals surface area (Å²) in [7, 11) is 0. The van der Waals surface area contributed by atoms with Gasteiger partial charge >= 0.3 is 318 Å². The Balaban J connectivity index is 1.46. The van der Waals surface area contributed by atoms with Gasteiger partial charge in [0, 0.05) is 0 Å². The summed E-state index contributed by atoms with van der Waals surface area (Å²) in [5.41, 5.74) is 2.18. The van der Waals surface area contributed by atoms with Gasteiger partial charge in [-0.1, -0.05) is 0 Å². The molecule has 8 rings (SSSR count). The zero-order chi connectivity index (χ0) is 35.5. The summed E-state index contributed by atoms with van der Waals surface area (Å²) in [5, 5.41) is 6.62. The summed E-state index contributed by atoms with van der Waals surface area (Å²) in [6, 6.07) is 68.3. The Labute approximate surface area is 316 Å². The maximum atomic E-state index is 8.76. The van der Waals surface area contributed by atoms with Gasteiger partial charge in [-0.15, -0.1) is 0 Å². The van der Waals surface area contributed by atoms with E-state index in [0.29, 0.717) is 25.5 Å². The predicted octanol–water partition coefficient (Wildman–Crippen LogP) is 9.83. The van der Waals surface area contributed by atoms with Gasteiger partial charge in [-0.2, -0.15) is 0 Å². The molecule has 0 aliphatic carbocycles. The van der Waals surface area contributed by atoms with E-state index in [-0.39, 0.29) is 0 Å². The van der Waals surface area contributed by atoms with E-state index < -0.39 is 11.9 Å². The summed E-state index contributed by atoms with van der Waals surface area (Å²) in [6.07, 6.45) is 1.08. The summed E-state index contributed by atoms with van der Waals surface area (Å²) in [4.78, 5) is 0. The van der Waals surface area contributed by atoms with Gasteiger partial charge in [0.25, 0.3) is 0 Å². The van der Waals surface area contributed by atoms with E-state index in [1.807, 2.05) is 0 Å². The molecule has 0 saturated heterocycles. The van der Waals surface area contributed by atoms with Crippen LogP contribution in [0.2, 0.25) is 0 Å². The molecule has 52 heavy (non-hydrogen) atoms. The Morgan fingerprint density at radius 2 is 0.558 bits per heavy atom. The average Bonchev–Trinajstić information content (AvgIpc) is 3.23. The van der Waals surface area contributed by atoms with Gasteiger partial charge in [0.1, 0.15) is 0 Å². The second kappa shape index (κ2) is 13.9. The Hall–Kier alpha value is -4.42. The minimum absolute atomic E-state index is 0.485. The van der Waals surface area contributed by atoms with Gasteiger partial charge in [0.05, 0.1) is 0 Å². The van der Waals surface area contributed by atoms with E-state index in [0.717, 1.165) is 54.5 Å². The number of ether oxygens (including phenoxy) is 2. The third-order valence-corrected chi connectivity index (χ3v) is 24.9. The number of fused-ring (bicyclic) bond motifs is 1. The quantitative estimate of drug-likeness (QED) is 0.130. The molecule has 1 aliphatic rings. The molecule has 1 heterocycles. The van der Waals surface area contributed by atoms with Crippen LogP contribution in [0.25, 0.3) is 0 Å². The molecule has 260 valence electrons. The topological polar surface area (TPSA) is 18.5 Å². The summed E-state index contributed by atoms with van der Waals surface area (Å²) >= 11 is 17.5. The zero-order valence-corrected chi connectivity index (χ0v) is 32.1. The van der Waals surface area contributed by atoms with Crippen LogP contribution < -0.4 is 41.3 Å². The first-order chi connectivity index (χ1) is 25.4. The molecule has 0 aromatic heterocycles. The molecule has 0 atom stereocenters. The molecule has 0 unspecified atom stereocenters. The van der Waals surface area contributed by atoms with Crippen molar-refractivity contribution in [3.63, 3.8) is 0 Å². The van der Waals surface area contributed by atoms with Gasteiger partial charge in [-0.05, 0) is 0 Å². The molecule has 6 heteroatoms. The second-order valence-corrected chi connectivity index (χ2v) is 26.4. The molecule has 7 aromatic rings. The Bertz CT molecular complexity index is 1930. The summed E-state index contributed by atoms with van der Waals surface area (Å²) < 4.78 is 12.6. The van der Waals surface area contributed by atoms with Crippen LogP contribution in [0.5, 0.6) is 11.5 Å². The molecule has 0 saturated carbocycles. The van der Waals surface area contributed by atoms with Crippen molar-refractivity contribution in [3.8, 4) is 11.5 Å². The first-order valence-electron chi connectivity index (χ1n) is 17.6. The van der Waals surface area contributed by atoms with Gasteiger partial charge in [-0.25, -0.2) is 0 Å². The normalized spacial score (nSPS) is 14.3. The fourth-order valence-electron chi connectivity index (χ4n) is 7.98. The Morgan fingerprint density at radius 1 is 0.346 bits per heavy atom. The van der Waals surface area contributed by atoms with E-state index in [1.165, 1.54) is 0 Å². The SMILES string of the molecule is ClP(Cc1cc2c(cc1CP(Cl)(c1ccccc1)(c1ccccc1)c1ccccc1)OCCO2)(c1ccccc1)(c1ccccc1)c1ccccc1. The van der Waals surface area contributed by atoms with Crippen LogP contribution >= 0.6 is 34.4 Å². The summed E-state index contributed by atoms with van der Waals surface area (Å²) in [6.45, 7) is 0.971. The number of hydrogen-bond donors (Lipinski definition) is 0. The van der Waals surface area contributed by atoms with E-state index in [1.54, 1.807) is 0 Å². The van der Waals surface area contributed by atoms with Crippen molar-refractivity contribution in [1.29, 1.82) is 0 Å². The van der Waals surface area contributed by atoms with Crippen LogP contribution in [0.15, 0.2) is 194 Å². The Morgan fingerprint density at radius 3 is 0.769 bits per heavy atom. The van der Waals surface area contributed by atoms with Crippen molar-refractivity contribution in [2.75, 3.05) is 13.2 Å². The molecular formula is C46H40Cl2O2P2. The summed E-state index contributed by atoms with van der Waals surface area (Å²) in [5.74, 6) is -6.07. The van der Waals surface area contributed by atoms with Crippen molar-refractivity contribution in [3.05, 3.63) is 205 Å². The molecule has 0 spiro atoms. The van der Waals surface area contributed by atoms with Crippen LogP contribution in [-0.4, -0.2) is 13.2 Å².